The second-order valence-electron chi connectivity index (χ2n) is 3.71. The van der Waals surface area contributed by atoms with E-state index in [1.165, 1.54) is 12.1 Å². The highest BCUT2D eigenvalue weighted by Crippen LogP contribution is 2.29. The van der Waals surface area contributed by atoms with Gasteiger partial charge in [0, 0.05) is 6.04 Å². The van der Waals surface area contributed by atoms with Gasteiger partial charge in [-0.3, -0.25) is 0 Å². The lowest BCUT2D eigenvalue weighted by atomic mass is 10.0. The van der Waals surface area contributed by atoms with E-state index in [9.17, 15) is 13.2 Å². The lowest BCUT2D eigenvalue weighted by Gasteiger charge is -2.09. The summed E-state index contributed by atoms with van der Waals surface area (Å²) in [6.45, 7) is 1.84. The molecule has 1 aromatic carbocycles. The SMILES string of the molecule is CC(N)CCc1cccc(C(F)(F)F)c1. The topological polar surface area (TPSA) is 26.0 Å². The van der Waals surface area contributed by atoms with Gasteiger partial charge in [0.25, 0.3) is 0 Å². The van der Waals surface area contributed by atoms with Crippen molar-refractivity contribution in [2.45, 2.75) is 32.0 Å². The molecule has 0 aliphatic heterocycles. The van der Waals surface area contributed by atoms with Crippen LogP contribution in [0.15, 0.2) is 24.3 Å². The Balaban J connectivity index is 2.75. The van der Waals surface area contributed by atoms with Gasteiger partial charge >= 0.3 is 6.18 Å². The van der Waals surface area contributed by atoms with Crippen LogP contribution in [0.5, 0.6) is 0 Å². The summed E-state index contributed by atoms with van der Waals surface area (Å²) >= 11 is 0. The monoisotopic (exact) mass is 217 g/mol. The first-order valence-electron chi connectivity index (χ1n) is 4.81. The average Bonchev–Trinajstić information content (AvgIpc) is 2.14. The zero-order chi connectivity index (χ0) is 11.5. The lowest BCUT2D eigenvalue weighted by Crippen LogP contribution is -2.15. The van der Waals surface area contributed by atoms with Crippen LogP contribution >= 0.6 is 0 Å². The molecule has 0 amide bonds. The molecule has 4 heteroatoms. The minimum absolute atomic E-state index is 0.0135. The molecule has 15 heavy (non-hydrogen) atoms. The van der Waals surface area contributed by atoms with E-state index in [0.717, 1.165) is 6.07 Å². The molecule has 84 valence electrons. The second kappa shape index (κ2) is 4.66. The summed E-state index contributed by atoms with van der Waals surface area (Å²) in [5.74, 6) is 0. The highest BCUT2D eigenvalue weighted by atomic mass is 19.4. The molecule has 0 saturated carbocycles. The molecule has 0 saturated heterocycles. The van der Waals surface area contributed by atoms with Crippen LogP contribution in [-0.2, 0) is 12.6 Å². The predicted molar refractivity (Wildman–Crippen MR) is 53.4 cm³/mol. The Hall–Kier alpha value is -1.03. The van der Waals surface area contributed by atoms with Gasteiger partial charge in [0.1, 0.15) is 0 Å². The van der Waals surface area contributed by atoms with E-state index in [1.54, 1.807) is 6.07 Å². The van der Waals surface area contributed by atoms with Gasteiger partial charge in [-0.15, -0.1) is 0 Å². The number of halogens is 3. The fraction of sp³-hybridized carbons (Fsp3) is 0.455. The summed E-state index contributed by atoms with van der Waals surface area (Å²) in [5, 5.41) is 0. The Kier molecular flexibility index (Phi) is 3.74. The van der Waals surface area contributed by atoms with Crippen LogP contribution in [0, 0.1) is 0 Å². The van der Waals surface area contributed by atoms with E-state index in [-0.39, 0.29) is 6.04 Å². The number of benzene rings is 1. The molecular weight excluding hydrogens is 203 g/mol. The molecule has 1 nitrogen and oxygen atoms in total. The molecule has 0 aliphatic rings. The Morgan fingerprint density at radius 2 is 2.00 bits per heavy atom. The van der Waals surface area contributed by atoms with Crippen molar-refractivity contribution in [3.05, 3.63) is 35.4 Å². The maximum atomic E-state index is 12.3. The van der Waals surface area contributed by atoms with Crippen LogP contribution in [-0.4, -0.2) is 6.04 Å². The molecule has 2 N–H and O–H groups in total. The van der Waals surface area contributed by atoms with E-state index in [4.69, 9.17) is 5.73 Å². The largest absolute Gasteiger partial charge is 0.416 e. The second-order valence-corrected chi connectivity index (χ2v) is 3.71. The first-order chi connectivity index (χ1) is 6.89. The summed E-state index contributed by atoms with van der Waals surface area (Å²) in [6, 6.07) is 5.40. The van der Waals surface area contributed by atoms with E-state index in [1.807, 2.05) is 6.92 Å². The van der Waals surface area contributed by atoms with Crippen LogP contribution in [0.3, 0.4) is 0 Å². The molecule has 0 spiro atoms. The third kappa shape index (κ3) is 3.91. The van der Waals surface area contributed by atoms with Crippen LogP contribution in [0.1, 0.15) is 24.5 Å². The summed E-state index contributed by atoms with van der Waals surface area (Å²) in [6.07, 6.45) is -2.98. The number of aryl methyl sites for hydroxylation is 1. The van der Waals surface area contributed by atoms with E-state index < -0.39 is 11.7 Å². The lowest BCUT2D eigenvalue weighted by molar-refractivity contribution is -0.137. The Bertz CT molecular complexity index is 318. The van der Waals surface area contributed by atoms with Crippen molar-refractivity contribution in [3.8, 4) is 0 Å². The molecule has 1 rings (SSSR count). The van der Waals surface area contributed by atoms with Crippen LogP contribution < -0.4 is 5.73 Å². The molecule has 0 aliphatic carbocycles. The summed E-state index contributed by atoms with van der Waals surface area (Å²) in [7, 11) is 0. The molecule has 1 unspecified atom stereocenters. The van der Waals surface area contributed by atoms with Gasteiger partial charge in [-0.05, 0) is 31.4 Å². The highest BCUT2D eigenvalue weighted by Gasteiger charge is 2.30. The van der Waals surface area contributed by atoms with Gasteiger partial charge in [0.05, 0.1) is 5.56 Å². The van der Waals surface area contributed by atoms with E-state index in [2.05, 4.69) is 0 Å². The third-order valence-electron chi connectivity index (χ3n) is 2.14. The van der Waals surface area contributed by atoms with Crippen molar-refractivity contribution in [3.63, 3.8) is 0 Å². The zero-order valence-electron chi connectivity index (χ0n) is 8.51. The minimum Gasteiger partial charge on any atom is -0.328 e. The van der Waals surface area contributed by atoms with Crippen LogP contribution in [0.25, 0.3) is 0 Å². The number of nitrogens with two attached hydrogens (primary N) is 1. The van der Waals surface area contributed by atoms with Crippen molar-refractivity contribution in [2.75, 3.05) is 0 Å². The van der Waals surface area contributed by atoms with Gasteiger partial charge in [0.15, 0.2) is 0 Å². The van der Waals surface area contributed by atoms with Gasteiger partial charge in [-0.1, -0.05) is 18.2 Å². The van der Waals surface area contributed by atoms with Crippen molar-refractivity contribution < 1.29 is 13.2 Å². The first-order valence-corrected chi connectivity index (χ1v) is 4.81. The Labute approximate surface area is 87.1 Å². The number of hydrogen-bond acceptors (Lipinski definition) is 1. The van der Waals surface area contributed by atoms with Crippen molar-refractivity contribution >= 4 is 0 Å². The first kappa shape index (κ1) is 12.0. The fourth-order valence-electron chi connectivity index (χ4n) is 1.30. The molecule has 1 aromatic rings. The number of alkyl halides is 3. The van der Waals surface area contributed by atoms with E-state index >= 15 is 0 Å². The minimum atomic E-state index is -4.26. The molecule has 0 heterocycles. The number of rotatable bonds is 3. The van der Waals surface area contributed by atoms with E-state index in [0.29, 0.717) is 18.4 Å². The van der Waals surface area contributed by atoms with Gasteiger partial charge < -0.3 is 5.73 Å². The smallest absolute Gasteiger partial charge is 0.328 e. The molecule has 0 radical (unpaired) electrons. The van der Waals surface area contributed by atoms with Crippen molar-refractivity contribution in [2.24, 2.45) is 5.73 Å². The van der Waals surface area contributed by atoms with Crippen LogP contribution in [0.2, 0.25) is 0 Å². The molecule has 1 atom stereocenters. The summed E-state index contributed by atoms with van der Waals surface area (Å²) in [4.78, 5) is 0. The zero-order valence-corrected chi connectivity index (χ0v) is 8.51. The van der Waals surface area contributed by atoms with Gasteiger partial charge in [-0.25, -0.2) is 0 Å². The van der Waals surface area contributed by atoms with Crippen LogP contribution in [0.4, 0.5) is 13.2 Å². The fourth-order valence-corrected chi connectivity index (χ4v) is 1.30. The summed E-state index contributed by atoms with van der Waals surface area (Å²) in [5.41, 5.74) is 5.63. The Morgan fingerprint density at radius 1 is 1.33 bits per heavy atom. The molecule has 0 bridgehead atoms. The quantitative estimate of drug-likeness (QED) is 0.827. The van der Waals surface area contributed by atoms with Crippen molar-refractivity contribution in [1.29, 1.82) is 0 Å². The van der Waals surface area contributed by atoms with Gasteiger partial charge in [0.2, 0.25) is 0 Å². The predicted octanol–water partition coefficient (Wildman–Crippen LogP) is 2.99. The average molecular weight is 217 g/mol. The normalized spacial score (nSPS) is 13.9. The molecule has 0 fully saturated rings. The molecule has 0 aromatic heterocycles. The highest BCUT2D eigenvalue weighted by molar-refractivity contribution is 5.25. The third-order valence-corrected chi connectivity index (χ3v) is 2.14. The number of hydrogen-bond donors (Lipinski definition) is 1. The van der Waals surface area contributed by atoms with Crippen molar-refractivity contribution in [1.82, 2.24) is 0 Å². The molecular formula is C11H14F3N. The van der Waals surface area contributed by atoms with Gasteiger partial charge in [-0.2, -0.15) is 13.2 Å². The maximum absolute atomic E-state index is 12.3. The standard InChI is InChI=1S/C11H14F3N/c1-8(15)5-6-9-3-2-4-10(7-9)11(12,13)14/h2-4,7-8H,5-6,15H2,1H3. The maximum Gasteiger partial charge on any atom is 0.416 e. The summed E-state index contributed by atoms with van der Waals surface area (Å²) < 4.78 is 37.0. The Morgan fingerprint density at radius 3 is 2.53 bits per heavy atom.